The van der Waals surface area contributed by atoms with Crippen molar-refractivity contribution in [2.75, 3.05) is 18.5 Å². The number of hydrogen-bond donors (Lipinski definition) is 3. The zero-order chi connectivity index (χ0) is 22.3. The smallest absolute Gasteiger partial charge is 0.246 e. The first-order valence-corrected chi connectivity index (χ1v) is 11.6. The van der Waals surface area contributed by atoms with Gasteiger partial charge in [-0.15, -0.1) is 0 Å². The molecular formula is C22H28BrN3O5. The molecule has 3 heterocycles. The van der Waals surface area contributed by atoms with Crippen LogP contribution in [0.4, 0.5) is 5.69 Å². The van der Waals surface area contributed by atoms with Crippen molar-refractivity contribution in [3.63, 3.8) is 0 Å². The minimum absolute atomic E-state index is 0.0948. The number of aliphatic hydroxyl groups is 1. The van der Waals surface area contributed by atoms with Crippen molar-refractivity contribution in [3.8, 4) is 0 Å². The molecule has 3 N–H and O–H groups in total. The van der Waals surface area contributed by atoms with E-state index in [9.17, 15) is 19.5 Å². The van der Waals surface area contributed by atoms with E-state index in [2.05, 4.69) is 26.6 Å². The van der Waals surface area contributed by atoms with Crippen LogP contribution in [0, 0.1) is 11.8 Å². The van der Waals surface area contributed by atoms with Gasteiger partial charge in [0.2, 0.25) is 17.7 Å². The average Bonchev–Trinajstić information content (AvgIpc) is 3.30. The van der Waals surface area contributed by atoms with Crippen molar-refractivity contribution in [1.82, 2.24) is 10.2 Å². The summed E-state index contributed by atoms with van der Waals surface area (Å²) in [5.74, 6) is -2.27. The first-order chi connectivity index (χ1) is 14.8. The van der Waals surface area contributed by atoms with Crippen molar-refractivity contribution >= 4 is 39.3 Å². The van der Waals surface area contributed by atoms with E-state index in [1.165, 1.54) is 4.90 Å². The Morgan fingerprint density at radius 3 is 2.65 bits per heavy atom. The molecule has 0 aromatic heterocycles. The number of likely N-dealkylation sites (tertiary alicyclic amines) is 1. The number of carbonyl (C=O) groups excluding carboxylic acids is 3. The summed E-state index contributed by atoms with van der Waals surface area (Å²) in [4.78, 5) is 41.4. The maximum Gasteiger partial charge on any atom is 0.246 e. The van der Waals surface area contributed by atoms with Gasteiger partial charge in [0, 0.05) is 29.7 Å². The van der Waals surface area contributed by atoms with Gasteiger partial charge in [-0.05, 0) is 38.8 Å². The summed E-state index contributed by atoms with van der Waals surface area (Å²) in [6, 6.07) is 8.15. The number of para-hydroxylation sites is 1. The monoisotopic (exact) mass is 493 g/mol. The van der Waals surface area contributed by atoms with E-state index in [4.69, 9.17) is 4.74 Å². The Hall–Kier alpha value is -1.97. The number of ether oxygens (including phenoxy) is 1. The Kier molecular flexibility index (Phi) is 6.11. The van der Waals surface area contributed by atoms with Gasteiger partial charge in [-0.3, -0.25) is 14.4 Å². The molecule has 8 nitrogen and oxygen atoms in total. The SMILES string of the molecule is CC(C)NC(=O)C1N(CCCO)C(=O)[C@@H]2[C@H](C(=O)Nc3ccccc3)[C@H]3OC12CC3Br. The highest BCUT2D eigenvalue weighted by Gasteiger charge is 2.76. The van der Waals surface area contributed by atoms with Crippen LogP contribution in [-0.4, -0.2) is 69.5 Å². The van der Waals surface area contributed by atoms with E-state index < -0.39 is 29.6 Å². The number of nitrogens with zero attached hydrogens (tertiary/aromatic N) is 1. The second kappa shape index (κ2) is 8.52. The third-order valence-corrected chi connectivity index (χ3v) is 7.21. The van der Waals surface area contributed by atoms with Gasteiger partial charge >= 0.3 is 0 Å². The highest BCUT2D eigenvalue weighted by atomic mass is 79.9. The molecule has 9 heteroatoms. The molecule has 1 spiro atoms. The molecular weight excluding hydrogens is 466 g/mol. The van der Waals surface area contributed by atoms with Gasteiger partial charge in [0.25, 0.3) is 0 Å². The molecule has 168 valence electrons. The largest absolute Gasteiger partial charge is 0.396 e. The highest BCUT2D eigenvalue weighted by Crippen LogP contribution is 2.60. The molecule has 3 saturated heterocycles. The van der Waals surface area contributed by atoms with Crippen LogP contribution in [-0.2, 0) is 19.1 Å². The number of carbonyl (C=O) groups is 3. The van der Waals surface area contributed by atoms with Gasteiger partial charge in [-0.2, -0.15) is 0 Å². The van der Waals surface area contributed by atoms with Crippen LogP contribution >= 0.6 is 15.9 Å². The predicted molar refractivity (Wildman–Crippen MR) is 117 cm³/mol. The molecule has 3 fully saturated rings. The standard InChI is InChI=1S/C22H28BrN3O5/c1-12(2)24-20(29)18-22-11-14(23)17(31-22)15(16(22)21(30)26(18)9-6-10-27)19(28)25-13-7-4-3-5-8-13/h3-5,7-8,12,14-18,27H,6,9-11H2,1-2H3,(H,24,29)(H,25,28)/t14?,15-,16-,17-,18?,22?/m0/s1. The zero-order valence-corrected chi connectivity index (χ0v) is 19.2. The van der Waals surface area contributed by atoms with E-state index in [0.717, 1.165) is 0 Å². The highest BCUT2D eigenvalue weighted by molar-refractivity contribution is 9.09. The third kappa shape index (κ3) is 3.66. The third-order valence-electron chi connectivity index (χ3n) is 6.37. The molecule has 1 aromatic carbocycles. The van der Waals surface area contributed by atoms with Crippen LogP contribution in [0.1, 0.15) is 26.7 Å². The summed E-state index contributed by atoms with van der Waals surface area (Å²) < 4.78 is 6.37. The predicted octanol–water partition coefficient (Wildman–Crippen LogP) is 1.28. The van der Waals surface area contributed by atoms with Gasteiger partial charge in [0.1, 0.15) is 11.6 Å². The lowest BCUT2D eigenvalue weighted by atomic mass is 9.70. The van der Waals surface area contributed by atoms with Crippen LogP contribution in [0.2, 0.25) is 0 Å². The minimum Gasteiger partial charge on any atom is -0.396 e. The maximum absolute atomic E-state index is 13.5. The summed E-state index contributed by atoms with van der Waals surface area (Å²) in [6.45, 7) is 3.86. The van der Waals surface area contributed by atoms with Crippen molar-refractivity contribution < 1.29 is 24.2 Å². The fraction of sp³-hybridized carbons (Fsp3) is 0.591. The minimum atomic E-state index is -1.07. The molecule has 3 amide bonds. The van der Waals surface area contributed by atoms with Crippen LogP contribution < -0.4 is 10.6 Å². The summed E-state index contributed by atoms with van der Waals surface area (Å²) in [5, 5.41) is 15.1. The van der Waals surface area contributed by atoms with Crippen molar-refractivity contribution in [1.29, 1.82) is 0 Å². The second-order valence-electron chi connectivity index (χ2n) is 8.79. The Labute approximate surface area is 189 Å². The van der Waals surface area contributed by atoms with Gasteiger partial charge in [0.05, 0.1) is 17.9 Å². The van der Waals surface area contributed by atoms with Crippen LogP contribution in [0.25, 0.3) is 0 Å². The lowest BCUT2D eigenvalue weighted by molar-refractivity contribution is -0.141. The van der Waals surface area contributed by atoms with Crippen molar-refractivity contribution in [3.05, 3.63) is 30.3 Å². The number of amides is 3. The number of benzene rings is 1. The van der Waals surface area contributed by atoms with Crippen molar-refractivity contribution in [2.24, 2.45) is 11.8 Å². The molecule has 6 atom stereocenters. The molecule has 0 saturated carbocycles. The number of hydrogen-bond acceptors (Lipinski definition) is 5. The molecule has 3 unspecified atom stereocenters. The molecule has 0 radical (unpaired) electrons. The maximum atomic E-state index is 13.5. The van der Waals surface area contributed by atoms with E-state index >= 15 is 0 Å². The molecule has 4 rings (SSSR count). The summed E-state index contributed by atoms with van der Waals surface area (Å²) >= 11 is 3.63. The lowest BCUT2D eigenvalue weighted by Crippen LogP contribution is -2.56. The molecule has 0 aliphatic carbocycles. The summed E-state index contributed by atoms with van der Waals surface area (Å²) in [7, 11) is 0. The zero-order valence-electron chi connectivity index (χ0n) is 17.6. The first kappa shape index (κ1) is 22.2. The first-order valence-electron chi connectivity index (χ1n) is 10.7. The Morgan fingerprint density at radius 1 is 1.29 bits per heavy atom. The van der Waals surface area contributed by atoms with Gasteiger partial charge in [-0.25, -0.2) is 0 Å². The molecule has 1 aromatic rings. The number of aliphatic hydroxyl groups excluding tert-OH is 1. The van der Waals surface area contributed by atoms with Crippen molar-refractivity contribution in [2.45, 2.75) is 55.3 Å². The number of nitrogens with one attached hydrogen (secondary N) is 2. The molecule has 3 aliphatic rings. The quantitative estimate of drug-likeness (QED) is 0.495. The van der Waals surface area contributed by atoms with E-state index in [0.29, 0.717) is 18.5 Å². The van der Waals surface area contributed by atoms with E-state index in [-0.39, 0.29) is 41.7 Å². The van der Waals surface area contributed by atoms with Crippen LogP contribution in [0.3, 0.4) is 0 Å². The fourth-order valence-electron chi connectivity index (χ4n) is 5.32. The average molecular weight is 494 g/mol. The summed E-state index contributed by atoms with van der Waals surface area (Å²) in [6.07, 6.45) is 0.323. The Morgan fingerprint density at radius 2 is 2.00 bits per heavy atom. The van der Waals surface area contributed by atoms with Gasteiger partial charge in [-0.1, -0.05) is 34.1 Å². The normalized spacial score (nSPS) is 33.6. The number of anilines is 1. The number of alkyl halides is 1. The van der Waals surface area contributed by atoms with E-state index in [1.807, 2.05) is 32.0 Å². The molecule has 31 heavy (non-hydrogen) atoms. The van der Waals surface area contributed by atoms with E-state index in [1.54, 1.807) is 12.1 Å². The van der Waals surface area contributed by atoms with Gasteiger partial charge < -0.3 is 25.4 Å². The lowest BCUT2D eigenvalue weighted by Gasteiger charge is -2.34. The molecule has 3 aliphatic heterocycles. The fourth-order valence-corrected chi connectivity index (χ4v) is 6.26. The topological polar surface area (TPSA) is 108 Å². The number of halogens is 1. The van der Waals surface area contributed by atoms with Crippen LogP contribution in [0.5, 0.6) is 0 Å². The number of rotatable bonds is 7. The summed E-state index contributed by atoms with van der Waals surface area (Å²) in [5.41, 5.74) is -0.421. The number of fused-ring (bicyclic) bond motifs is 1. The molecule has 2 bridgehead atoms. The Balaban J connectivity index is 1.69. The van der Waals surface area contributed by atoms with Crippen LogP contribution in [0.15, 0.2) is 30.3 Å². The Bertz CT molecular complexity index is 866. The second-order valence-corrected chi connectivity index (χ2v) is 9.97. The van der Waals surface area contributed by atoms with Gasteiger partial charge in [0.15, 0.2) is 0 Å².